The quantitative estimate of drug-likeness (QED) is 0.641. The fourth-order valence-corrected chi connectivity index (χ4v) is 3.37. The van der Waals surface area contributed by atoms with Crippen LogP contribution in [0.1, 0.15) is 44.2 Å². The number of carboxylic acid groups (broad SMARTS) is 1. The fourth-order valence-electron chi connectivity index (χ4n) is 3.37. The summed E-state index contributed by atoms with van der Waals surface area (Å²) in [5.74, 6) is -0.363. The number of hydrogen-bond donors (Lipinski definition) is 2. The van der Waals surface area contributed by atoms with Crippen molar-refractivity contribution in [2.75, 3.05) is 27.4 Å². The van der Waals surface area contributed by atoms with Gasteiger partial charge < -0.3 is 24.6 Å². The molecule has 2 N–H and O–H groups in total. The number of carboxylic acids is 1. The largest absolute Gasteiger partial charge is 0.493 e. The van der Waals surface area contributed by atoms with Crippen molar-refractivity contribution >= 4 is 11.9 Å². The molecule has 1 fully saturated rings. The van der Waals surface area contributed by atoms with E-state index in [0.717, 1.165) is 18.4 Å². The van der Waals surface area contributed by atoms with E-state index in [2.05, 4.69) is 5.32 Å². The van der Waals surface area contributed by atoms with E-state index in [1.54, 1.807) is 14.2 Å². The van der Waals surface area contributed by atoms with Gasteiger partial charge in [0.2, 0.25) is 5.91 Å². The second-order valence-electron chi connectivity index (χ2n) is 6.88. The summed E-state index contributed by atoms with van der Waals surface area (Å²) in [7, 11) is 3.18. The molecular formula is C20H29NO6. The molecule has 0 bridgehead atoms. The molecular weight excluding hydrogens is 350 g/mol. The summed E-state index contributed by atoms with van der Waals surface area (Å²) < 4.78 is 16.0. The van der Waals surface area contributed by atoms with E-state index in [-0.39, 0.29) is 17.9 Å². The molecule has 0 spiro atoms. The topological polar surface area (TPSA) is 94.1 Å². The second-order valence-corrected chi connectivity index (χ2v) is 6.88. The van der Waals surface area contributed by atoms with Crippen molar-refractivity contribution in [2.24, 2.45) is 11.8 Å². The van der Waals surface area contributed by atoms with E-state index in [9.17, 15) is 14.7 Å². The van der Waals surface area contributed by atoms with Crippen molar-refractivity contribution in [2.45, 2.75) is 38.6 Å². The first-order valence-corrected chi connectivity index (χ1v) is 9.29. The van der Waals surface area contributed by atoms with Crippen LogP contribution in [0.2, 0.25) is 0 Å². The minimum Gasteiger partial charge on any atom is -0.493 e. The lowest BCUT2D eigenvalue weighted by molar-refractivity contribution is -0.144. The number of hydrogen-bond acceptors (Lipinski definition) is 5. The molecule has 3 unspecified atom stereocenters. The summed E-state index contributed by atoms with van der Waals surface area (Å²) in [5, 5.41) is 12.2. The van der Waals surface area contributed by atoms with Gasteiger partial charge in [0.05, 0.1) is 25.7 Å². The predicted octanol–water partition coefficient (Wildman–Crippen LogP) is 2.79. The Morgan fingerprint density at radius 1 is 1.19 bits per heavy atom. The van der Waals surface area contributed by atoms with Gasteiger partial charge in [-0.15, -0.1) is 0 Å². The number of methoxy groups -OCH3 is 2. The molecule has 1 aliphatic carbocycles. The highest BCUT2D eigenvalue weighted by Gasteiger charge is 2.31. The molecule has 1 aromatic rings. The number of carbonyl (C=O) groups excluding carboxylic acids is 1. The second kappa shape index (κ2) is 10.2. The van der Waals surface area contributed by atoms with Crippen molar-refractivity contribution in [1.29, 1.82) is 0 Å². The summed E-state index contributed by atoms with van der Waals surface area (Å²) in [4.78, 5) is 23.8. The number of ether oxygens (including phenoxy) is 3. The zero-order chi connectivity index (χ0) is 19.8. The maximum absolute atomic E-state index is 12.6. The van der Waals surface area contributed by atoms with E-state index < -0.39 is 11.9 Å². The van der Waals surface area contributed by atoms with Crippen molar-refractivity contribution in [3.8, 4) is 11.5 Å². The molecule has 1 aromatic carbocycles. The lowest BCUT2D eigenvalue weighted by Gasteiger charge is -2.27. The fraction of sp³-hybridized carbons (Fsp3) is 0.600. The van der Waals surface area contributed by atoms with Crippen LogP contribution in [0.4, 0.5) is 0 Å². The first kappa shape index (κ1) is 21.0. The van der Waals surface area contributed by atoms with Crippen LogP contribution < -0.4 is 14.8 Å². The van der Waals surface area contributed by atoms with Crippen LogP contribution >= 0.6 is 0 Å². The first-order chi connectivity index (χ1) is 13.0. The molecule has 0 aliphatic heterocycles. The van der Waals surface area contributed by atoms with Gasteiger partial charge in [0, 0.05) is 13.0 Å². The highest BCUT2D eigenvalue weighted by molar-refractivity contribution is 5.80. The van der Waals surface area contributed by atoms with E-state index in [1.165, 1.54) is 0 Å². The molecule has 3 atom stereocenters. The standard InChI is InChI=1S/C20H29NO6/c1-13(21-19(22)15-5-4-6-16(11-15)20(23)24)14-7-8-17(18(12-14)26-3)27-10-9-25-2/h7-8,12-13,15-16H,4-6,9-11H2,1-3H3,(H,21,22)(H,23,24). The summed E-state index contributed by atoms with van der Waals surface area (Å²) in [5.41, 5.74) is 0.893. The van der Waals surface area contributed by atoms with Crippen LogP contribution in [0.25, 0.3) is 0 Å². The van der Waals surface area contributed by atoms with E-state index >= 15 is 0 Å². The van der Waals surface area contributed by atoms with Gasteiger partial charge in [-0.1, -0.05) is 12.5 Å². The van der Waals surface area contributed by atoms with Gasteiger partial charge in [-0.25, -0.2) is 0 Å². The van der Waals surface area contributed by atoms with Crippen LogP contribution in [0.3, 0.4) is 0 Å². The zero-order valence-electron chi connectivity index (χ0n) is 16.2. The van der Waals surface area contributed by atoms with E-state index in [0.29, 0.717) is 37.6 Å². The van der Waals surface area contributed by atoms with Crippen LogP contribution in [0.5, 0.6) is 11.5 Å². The van der Waals surface area contributed by atoms with Gasteiger partial charge in [0.15, 0.2) is 11.5 Å². The highest BCUT2D eigenvalue weighted by atomic mass is 16.5. The van der Waals surface area contributed by atoms with Gasteiger partial charge in [-0.3, -0.25) is 9.59 Å². The van der Waals surface area contributed by atoms with Crippen molar-refractivity contribution in [3.63, 3.8) is 0 Å². The van der Waals surface area contributed by atoms with Gasteiger partial charge in [0.25, 0.3) is 0 Å². The molecule has 150 valence electrons. The molecule has 1 amide bonds. The lowest BCUT2D eigenvalue weighted by Crippen LogP contribution is -2.36. The third kappa shape index (κ3) is 5.85. The highest BCUT2D eigenvalue weighted by Crippen LogP contribution is 2.32. The maximum atomic E-state index is 12.6. The van der Waals surface area contributed by atoms with Crippen molar-refractivity contribution < 1.29 is 28.9 Å². The zero-order valence-corrected chi connectivity index (χ0v) is 16.2. The normalized spacial score (nSPS) is 20.6. The maximum Gasteiger partial charge on any atom is 0.306 e. The van der Waals surface area contributed by atoms with Gasteiger partial charge in [-0.05, 0) is 43.9 Å². The number of carbonyl (C=O) groups is 2. The Hall–Kier alpha value is -2.28. The summed E-state index contributed by atoms with van der Waals surface area (Å²) in [6.45, 7) is 2.80. The van der Waals surface area contributed by atoms with Crippen LogP contribution in [0.15, 0.2) is 18.2 Å². The lowest BCUT2D eigenvalue weighted by atomic mass is 9.81. The number of amides is 1. The van der Waals surface area contributed by atoms with E-state index in [4.69, 9.17) is 14.2 Å². The number of rotatable bonds is 9. The Labute approximate surface area is 160 Å². The molecule has 0 aromatic heterocycles. The van der Waals surface area contributed by atoms with Crippen molar-refractivity contribution in [1.82, 2.24) is 5.32 Å². The number of benzene rings is 1. The molecule has 0 radical (unpaired) electrons. The number of nitrogens with one attached hydrogen (secondary N) is 1. The Morgan fingerprint density at radius 2 is 1.93 bits per heavy atom. The van der Waals surface area contributed by atoms with Gasteiger partial charge in [-0.2, -0.15) is 0 Å². The Morgan fingerprint density at radius 3 is 2.59 bits per heavy atom. The van der Waals surface area contributed by atoms with Gasteiger partial charge >= 0.3 is 5.97 Å². The smallest absolute Gasteiger partial charge is 0.306 e. The average molecular weight is 379 g/mol. The van der Waals surface area contributed by atoms with Gasteiger partial charge in [0.1, 0.15) is 6.61 Å². The minimum atomic E-state index is -0.811. The SMILES string of the molecule is COCCOc1ccc(C(C)NC(=O)C2CCCC(C(=O)O)C2)cc1OC. The van der Waals surface area contributed by atoms with Crippen LogP contribution in [-0.4, -0.2) is 44.4 Å². The molecule has 2 rings (SSSR count). The molecule has 1 saturated carbocycles. The Balaban J connectivity index is 1.99. The molecule has 0 heterocycles. The average Bonchev–Trinajstić information content (AvgIpc) is 2.68. The molecule has 7 heteroatoms. The summed E-state index contributed by atoms with van der Waals surface area (Å²) in [6.07, 6.45) is 2.56. The van der Waals surface area contributed by atoms with Crippen LogP contribution in [-0.2, 0) is 14.3 Å². The molecule has 1 aliphatic rings. The molecule has 27 heavy (non-hydrogen) atoms. The Bertz CT molecular complexity index is 647. The minimum absolute atomic E-state index is 0.0900. The monoisotopic (exact) mass is 379 g/mol. The molecule has 7 nitrogen and oxygen atoms in total. The van der Waals surface area contributed by atoms with Crippen LogP contribution in [0, 0.1) is 11.8 Å². The van der Waals surface area contributed by atoms with Crippen molar-refractivity contribution in [3.05, 3.63) is 23.8 Å². The Kier molecular flexibility index (Phi) is 7.91. The first-order valence-electron chi connectivity index (χ1n) is 9.29. The number of aliphatic carboxylic acids is 1. The predicted molar refractivity (Wildman–Crippen MR) is 100 cm³/mol. The summed E-state index contributed by atoms with van der Waals surface area (Å²) >= 11 is 0. The summed E-state index contributed by atoms with van der Waals surface area (Å²) in [6, 6.07) is 5.32. The third-order valence-corrected chi connectivity index (χ3v) is 4.99. The third-order valence-electron chi connectivity index (χ3n) is 4.99. The molecule has 0 saturated heterocycles. The van der Waals surface area contributed by atoms with E-state index in [1.807, 2.05) is 25.1 Å².